The van der Waals surface area contributed by atoms with Crippen LogP contribution in [0.25, 0.3) is 0 Å². The molecule has 0 saturated carbocycles. The van der Waals surface area contributed by atoms with Crippen molar-refractivity contribution in [3.8, 4) is 5.75 Å². The van der Waals surface area contributed by atoms with Crippen molar-refractivity contribution in [2.45, 2.75) is 38.9 Å². The second kappa shape index (κ2) is 6.51. The Kier molecular flexibility index (Phi) is 5.03. The first-order chi connectivity index (χ1) is 10.7. The van der Waals surface area contributed by atoms with Crippen LogP contribution in [0, 0.1) is 0 Å². The maximum absolute atomic E-state index is 11.8. The Morgan fingerprint density at radius 3 is 2.26 bits per heavy atom. The summed E-state index contributed by atoms with van der Waals surface area (Å²) in [6.45, 7) is 7.95. The molecule has 23 heavy (non-hydrogen) atoms. The second-order valence-electron chi connectivity index (χ2n) is 6.38. The third-order valence-electron chi connectivity index (χ3n) is 4.27. The van der Waals surface area contributed by atoms with Crippen molar-refractivity contribution >= 4 is 18.6 Å². The van der Waals surface area contributed by atoms with Crippen molar-refractivity contribution in [3.05, 3.63) is 23.8 Å². The van der Waals surface area contributed by atoms with Gasteiger partial charge < -0.3 is 23.5 Å². The lowest BCUT2D eigenvalue weighted by Crippen LogP contribution is -2.41. The largest absolute Gasteiger partial charge is 0.498 e. The Balaban J connectivity index is 2.39. The highest BCUT2D eigenvalue weighted by Crippen LogP contribution is 2.37. The molecule has 1 aromatic carbocycles. The Bertz CT molecular complexity index is 568. The maximum Gasteiger partial charge on any atom is 0.498 e. The van der Waals surface area contributed by atoms with Gasteiger partial charge in [-0.05, 0) is 45.9 Å². The molecule has 0 spiro atoms. The van der Waals surface area contributed by atoms with E-state index in [-0.39, 0.29) is 6.79 Å². The van der Waals surface area contributed by atoms with Crippen LogP contribution in [0.1, 0.15) is 38.1 Å². The van der Waals surface area contributed by atoms with E-state index in [2.05, 4.69) is 0 Å². The number of rotatable bonds is 5. The Morgan fingerprint density at radius 1 is 1.13 bits per heavy atom. The van der Waals surface area contributed by atoms with Crippen molar-refractivity contribution < 1.29 is 28.3 Å². The van der Waals surface area contributed by atoms with E-state index in [1.165, 1.54) is 14.2 Å². The summed E-state index contributed by atoms with van der Waals surface area (Å²) in [6, 6.07) is 4.98. The molecule has 0 aliphatic carbocycles. The first-order valence-corrected chi connectivity index (χ1v) is 7.41. The van der Waals surface area contributed by atoms with Gasteiger partial charge in [-0.25, -0.2) is 4.79 Å². The standard InChI is InChI=1S/C16H23BO6/c1-15(2)16(3,4)23-17(22-15)12-9-11(14(18)20-6)7-8-13(12)21-10-19-5/h7-9H,10H2,1-6H3. The number of esters is 1. The lowest BCUT2D eigenvalue weighted by molar-refractivity contribution is 0.00578. The number of carbonyl (C=O) groups excluding carboxylic acids is 1. The first-order valence-electron chi connectivity index (χ1n) is 7.41. The molecule has 0 N–H and O–H groups in total. The van der Waals surface area contributed by atoms with Crippen LogP contribution >= 0.6 is 0 Å². The number of methoxy groups -OCH3 is 2. The summed E-state index contributed by atoms with van der Waals surface area (Å²) in [5, 5.41) is 0. The molecule has 6 nitrogen and oxygen atoms in total. The summed E-state index contributed by atoms with van der Waals surface area (Å²) in [5.41, 5.74) is 0.0557. The van der Waals surface area contributed by atoms with E-state index in [0.717, 1.165) is 0 Å². The Labute approximate surface area is 137 Å². The first kappa shape index (κ1) is 17.8. The SMILES string of the molecule is COCOc1ccc(C(=O)OC)cc1B1OC(C)(C)C(C)(C)O1. The van der Waals surface area contributed by atoms with Crippen LogP contribution in [0.3, 0.4) is 0 Å². The van der Waals surface area contributed by atoms with Crippen LogP contribution in [0.15, 0.2) is 18.2 Å². The minimum Gasteiger partial charge on any atom is -0.468 e. The molecule has 0 bridgehead atoms. The van der Waals surface area contributed by atoms with Gasteiger partial charge in [0.15, 0.2) is 6.79 Å². The molecule has 2 rings (SSSR count). The zero-order valence-corrected chi connectivity index (χ0v) is 14.5. The number of hydrogen-bond acceptors (Lipinski definition) is 6. The minimum absolute atomic E-state index is 0.0874. The van der Waals surface area contributed by atoms with E-state index < -0.39 is 24.3 Å². The molecule has 0 amide bonds. The molecule has 1 saturated heterocycles. The van der Waals surface area contributed by atoms with Crippen LogP contribution in [-0.2, 0) is 18.8 Å². The minimum atomic E-state index is -0.642. The van der Waals surface area contributed by atoms with E-state index >= 15 is 0 Å². The summed E-state index contributed by atoms with van der Waals surface area (Å²) < 4.78 is 27.4. The van der Waals surface area contributed by atoms with Gasteiger partial charge in [0.2, 0.25) is 0 Å². The summed E-state index contributed by atoms with van der Waals surface area (Å²) >= 11 is 0. The molecule has 1 fully saturated rings. The fourth-order valence-corrected chi connectivity index (χ4v) is 2.20. The quantitative estimate of drug-likeness (QED) is 0.468. The van der Waals surface area contributed by atoms with Crippen molar-refractivity contribution in [1.29, 1.82) is 0 Å². The number of ether oxygens (including phenoxy) is 3. The van der Waals surface area contributed by atoms with Gasteiger partial charge >= 0.3 is 13.1 Å². The molecule has 1 aliphatic rings. The van der Waals surface area contributed by atoms with Gasteiger partial charge in [-0.3, -0.25) is 0 Å². The number of benzene rings is 1. The highest BCUT2D eigenvalue weighted by molar-refractivity contribution is 6.63. The monoisotopic (exact) mass is 322 g/mol. The highest BCUT2D eigenvalue weighted by atomic mass is 16.7. The van der Waals surface area contributed by atoms with E-state index in [1.807, 2.05) is 27.7 Å². The predicted molar refractivity (Wildman–Crippen MR) is 86.0 cm³/mol. The van der Waals surface area contributed by atoms with Gasteiger partial charge in [0.25, 0.3) is 0 Å². The molecule has 1 aliphatic heterocycles. The van der Waals surface area contributed by atoms with Crippen molar-refractivity contribution in [2.24, 2.45) is 0 Å². The van der Waals surface area contributed by atoms with Gasteiger partial charge in [-0.15, -0.1) is 0 Å². The highest BCUT2D eigenvalue weighted by Gasteiger charge is 2.52. The molecular weight excluding hydrogens is 299 g/mol. The van der Waals surface area contributed by atoms with Crippen molar-refractivity contribution in [3.63, 3.8) is 0 Å². The lowest BCUT2D eigenvalue weighted by atomic mass is 9.77. The Hall–Kier alpha value is -1.57. The average molecular weight is 322 g/mol. The van der Waals surface area contributed by atoms with Crippen LogP contribution in [0.2, 0.25) is 0 Å². The maximum atomic E-state index is 11.8. The van der Waals surface area contributed by atoms with Gasteiger partial charge in [0, 0.05) is 12.6 Å². The van der Waals surface area contributed by atoms with Gasteiger partial charge in [0.05, 0.1) is 23.9 Å². The van der Waals surface area contributed by atoms with Crippen LogP contribution in [0.4, 0.5) is 0 Å². The fourth-order valence-electron chi connectivity index (χ4n) is 2.20. The zero-order chi connectivity index (χ0) is 17.3. The van der Waals surface area contributed by atoms with Crippen LogP contribution in [-0.4, -0.2) is 45.3 Å². The molecule has 126 valence electrons. The van der Waals surface area contributed by atoms with Crippen LogP contribution < -0.4 is 10.2 Å². The second-order valence-corrected chi connectivity index (χ2v) is 6.38. The van der Waals surface area contributed by atoms with E-state index in [9.17, 15) is 4.79 Å². The zero-order valence-electron chi connectivity index (χ0n) is 14.5. The van der Waals surface area contributed by atoms with Crippen LogP contribution in [0.5, 0.6) is 5.75 Å². The molecule has 7 heteroatoms. The molecule has 1 aromatic rings. The van der Waals surface area contributed by atoms with Gasteiger partial charge in [-0.2, -0.15) is 0 Å². The summed E-state index contributed by atoms with van der Waals surface area (Å²) in [5.74, 6) is 0.110. The summed E-state index contributed by atoms with van der Waals surface area (Å²) in [7, 11) is 2.24. The smallest absolute Gasteiger partial charge is 0.468 e. The topological polar surface area (TPSA) is 63.2 Å². The third-order valence-corrected chi connectivity index (χ3v) is 4.27. The molecule has 0 unspecified atom stereocenters. The van der Waals surface area contributed by atoms with Crippen molar-refractivity contribution in [1.82, 2.24) is 0 Å². The molecule has 1 heterocycles. The number of carbonyl (C=O) groups is 1. The third kappa shape index (κ3) is 3.52. The van der Waals surface area contributed by atoms with E-state index in [0.29, 0.717) is 16.8 Å². The molecule has 0 atom stereocenters. The number of hydrogen-bond donors (Lipinski definition) is 0. The fraction of sp³-hybridized carbons (Fsp3) is 0.562. The van der Waals surface area contributed by atoms with E-state index in [1.54, 1.807) is 18.2 Å². The van der Waals surface area contributed by atoms with Gasteiger partial charge in [0.1, 0.15) is 5.75 Å². The normalized spacial score (nSPS) is 18.8. The van der Waals surface area contributed by atoms with Gasteiger partial charge in [-0.1, -0.05) is 0 Å². The van der Waals surface area contributed by atoms with E-state index in [4.69, 9.17) is 23.5 Å². The Morgan fingerprint density at radius 2 is 1.74 bits per heavy atom. The van der Waals surface area contributed by atoms with Crippen molar-refractivity contribution in [2.75, 3.05) is 21.0 Å². The summed E-state index contributed by atoms with van der Waals surface area (Å²) in [4.78, 5) is 11.8. The summed E-state index contributed by atoms with van der Waals surface area (Å²) in [6.07, 6.45) is 0. The predicted octanol–water partition coefficient (Wildman–Crippen LogP) is 1.76. The lowest BCUT2D eigenvalue weighted by Gasteiger charge is -2.32. The average Bonchev–Trinajstić information content (AvgIpc) is 2.72. The molecule has 0 radical (unpaired) electrons. The molecular formula is C16H23BO6. The molecule has 0 aromatic heterocycles.